The normalized spacial score (nSPS) is 10.1. The summed E-state index contributed by atoms with van der Waals surface area (Å²) in [5, 5.41) is 20.4. The number of nitro groups is 1. The SMILES string of the molecule is Cc1cc(-c2cc(Cl)ccc2[N+](=O)[O-])c(C#N)c(=O)[nH]1. The summed E-state index contributed by atoms with van der Waals surface area (Å²) in [6, 6.07) is 7.28. The van der Waals surface area contributed by atoms with Crippen LogP contribution in [0.3, 0.4) is 0 Å². The summed E-state index contributed by atoms with van der Waals surface area (Å²) in [4.78, 5) is 24.7. The molecule has 0 aliphatic rings. The number of aromatic amines is 1. The maximum atomic E-state index is 11.8. The summed E-state index contributed by atoms with van der Waals surface area (Å²) < 4.78 is 0. The molecule has 0 aliphatic heterocycles. The number of benzene rings is 1. The van der Waals surface area contributed by atoms with Crippen LogP contribution < -0.4 is 5.56 Å². The first kappa shape index (κ1) is 13.8. The fraction of sp³-hybridized carbons (Fsp3) is 0.0769. The van der Waals surface area contributed by atoms with Crippen LogP contribution in [0.2, 0.25) is 5.02 Å². The molecule has 6 nitrogen and oxygen atoms in total. The lowest BCUT2D eigenvalue weighted by atomic mass is 9.99. The lowest BCUT2D eigenvalue weighted by molar-refractivity contribution is -0.384. The Morgan fingerprint density at radius 2 is 2.05 bits per heavy atom. The first-order valence-electron chi connectivity index (χ1n) is 5.52. The maximum absolute atomic E-state index is 11.8. The molecule has 0 unspecified atom stereocenters. The Kier molecular flexibility index (Phi) is 3.55. The van der Waals surface area contributed by atoms with Gasteiger partial charge in [-0.25, -0.2) is 0 Å². The van der Waals surface area contributed by atoms with Gasteiger partial charge in [0, 0.05) is 22.3 Å². The van der Waals surface area contributed by atoms with E-state index in [0.29, 0.717) is 5.69 Å². The number of nitrogens with one attached hydrogen (secondary N) is 1. The number of hydrogen-bond donors (Lipinski definition) is 1. The third kappa shape index (κ3) is 2.39. The second kappa shape index (κ2) is 5.15. The van der Waals surface area contributed by atoms with Gasteiger partial charge in [0.1, 0.15) is 11.6 Å². The number of aryl methyl sites for hydroxylation is 1. The minimum atomic E-state index is -0.586. The van der Waals surface area contributed by atoms with Gasteiger partial charge in [0.25, 0.3) is 11.2 Å². The third-order valence-electron chi connectivity index (χ3n) is 2.73. The van der Waals surface area contributed by atoms with Crippen molar-refractivity contribution in [2.24, 2.45) is 0 Å². The van der Waals surface area contributed by atoms with E-state index in [2.05, 4.69) is 4.98 Å². The third-order valence-corrected chi connectivity index (χ3v) is 2.96. The van der Waals surface area contributed by atoms with Gasteiger partial charge in [-0.2, -0.15) is 5.26 Å². The van der Waals surface area contributed by atoms with Crippen LogP contribution in [0.4, 0.5) is 5.69 Å². The molecule has 1 N–H and O–H groups in total. The van der Waals surface area contributed by atoms with Crippen molar-refractivity contribution < 1.29 is 4.92 Å². The van der Waals surface area contributed by atoms with E-state index in [-0.39, 0.29) is 27.4 Å². The van der Waals surface area contributed by atoms with Gasteiger partial charge in [-0.05, 0) is 25.1 Å². The number of pyridine rings is 1. The maximum Gasteiger partial charge on any atom is 0.277 e. The Balaban J connectivity index is 2.88. The van der Waals surface area contributed by atoms with Crippen molar-refractivity contribution in [2.75, 3.05) is 0 Å². The Bertz CT molecular complexity index is 805. The number of nitriles is 1. The van der Waals surface area contributed by atoms with Gasteiger partial charge < -0.3 is 4.98 Å². The van der Waals surface area contributed by atoms with Gasteiger partial charge in [-0.1, -0.05) is 11.6 Å². The van der Waals surface area contributed by atoms with Gasteiger partial charge in [0.05, 0.1) is 10.5 Å². The summed E-state index contributed by atoms with van der Waals surface area (Å²) in [5.74, 6) is 0. The van der Waals surface area contributed by atoms with Crippen LogP contribution in [-0.2, 0) is 0 Å². The Morgan fingerprint density at radius 1 is 1.35 bits per heavy atom. The lowest BCUT2D eigenvalue weighted by Crippen LogP contribution is -2.13. The molecule has 0 atom stereocenters. The molecule has 100 valence electrons. The summed E-state index contributed by atoms with van der Waals surface area (Å²) in [6.45, 7) is 1.63. The fourth-order valence-electron chi connectivity index (χ4n) is 1.90. The topological polar surface area (TPSA) is 99.8 Å². The van der Waals surface area contributed by atoms with Gasteiger partial charge in [-0.3, -0.25) is 14.9 Å². The van der Waals surface area contributed by atoms with Crippen LogP contribution in [0, 0.1) is 28.4 Å². The largest absolute Gasteiger partial charge is 0.325 e. The van der Waals surface area contributed by atoms with Crippen molar-refractivity contribution in [2.45, 2.75) is 6.92 Å². The van der Waals surface area contributed by atoms with E-state index in [1.54, 1.807) is 13.0 Å². The number of rotatable bonds is 2. The Hall–Kier alpha value is -2.65. The highest BCUT2D eigenvalue weighted by molar-refractivity contribution is 6.31. The Morgan fingerprint density at radius 3 is 2.65 bits per heavy atom. The molecule has 2 aromatic rings. The monoisotopic (exact) mass is 289 g/mol. The van der Waals surface area contributed by atoms with Gasteiger partial charge in [0.15, 0.2) is 0 Å². The minimum Gasteiger partial charge on any atom is -0.325 e. The number of nitro benzene ring substituents is 1. The van der Waals surface area contributed by atoms with Gasteiger partial charge in [0.2, 0.25) is 0 Å². The standard InChI is InChI=1S/C13H8ClN3O3/c1-7-4-9(11(6-15)13(18)16-7)10-5-8(14)2-3-12(10)17(19)20/h2-5H,1H3,(H,16,18). The molecule has 0 saturated heterocycles. The van der Waals surface area contributed by atoms with Gasteiger partial charge >= 0.3 is 0 Å². The van der Waals surface area contributed by atoms with E-state index >= 15 is 0 Å². The fourth-order valence-corrected chi connectivity index (χ4v) is 2.07. The van der Waals surface area contributed by atoms with E-state index in [1.165, 1.54) is 24.3 Å². The van der Waals surface area contributed by atoms with Crippen LogP contribution in [-0.4, -0.2) is 9.91 Å². The van der Waals surface area contributed by atoms with E-state index in [0.717, 1.165) is 0 Å². The molecule has 1 heterocycles. The predicted octanol–water partition coefficient (Wildman–Crippen LogP) is 2.78. The second-order valence-electron chi connectivity index (χ2n) is 4.10. The zero-order valence-corrected chi connectivity index (χ0v) is 11.1. The van der Waals surface area contributed by atoms with Crippen LogP contribution in [0.15, 0.2) is 29.1 Å². The molecule has 20 heavy (non-hydrogen) atoms. The molecular weight excluding hydrogens is 282 g/mol. The molecule has 2 rings (SSSR count). The van der Waals surface area contributed by atoms with Crippen molar-refractivity contribution in [3.63, 3.8) is 0 Å². The number of halogens is 1. The van der Waals surface area contributed by atoms with E-state index in [9.17, 15) is 14.9 Å². The molecule has 0 radical (unpaired) electrons. The second-order valence-corrected chi connectivity index (χ2v) is 4.54. The average Bonchev–Trinajstić information content (AvgIpc) is 2.37. The molecule has 0 saturated carbocycles. The van der Waals surface area contributed by atoms with E-state index in [1.807, 2.05) is 0 Å². The number of H-pyrrole nitrogens is 1. The summed E-state index contributed by atoms with van der Waals surface area (Å²) >= 11 is 5.86. The smallest absolute Gasteiger partial charge is 0.277 e. The summed E-state index contributed by atoms with van der Waals surface area (Å²) in [5.41, 5.74) is -0.136. The quantitative estimate of drug-likeness (QED) is 0.678. The highest BCUT2D eigenvalue weighted by atomic mass is 35.5. The summed E-state index contributed by atoms with van der Waals surface area (Å²) in [7, 11) is 0. The summed E-state index contributed by atoms with van der Waals surface area (Å²) in [6.07, 6.45) is 0. The van der Waals surface area contributed by atoms with Gasteiger partial charge in [-0.15, -0.1) is 0 Å². The average molecular weight is 290 g/mol. The van der Waals surface area contributed by atoms with Crippen molar-refractivity contribution in [1.29, 1.82) is 5.26 Å². The molecule has 0 amide bonds. The zero-order chi connectivity index (χ0) is 14.9. The lowest BCUT2D eigenvalue weighted by Gasteiger charge is -2.06. The van der Waals surface area contributed by atoms with Crippen LogP contribution in [0.1, 0.15) is 11.3 Å². The molecule has 1 aromatic carbocycles. The number of hydrogen-bond acceptors (Lipinski definition) is 4. The molecule has 7 heteroatoms. The first-order chi connectivity index (χ1) is 9.43. The molecule has 1 aromatic heterocycles. The number of nitrogens with zero attached hydrogens (tertiary/aromatic N) is 2. The molecule has 0 spiro atoms. The van der Waals surface area contributed by atoms with Crippen molar-refractivity contribution in [3.8, 4) is 17.2 Å². The van der Waals surface area contributed by atoms with Crippen molar-refractivity contribution in [1.82, 2.24) is 4.98 Å². The van der Waals surface area contributed by atoms with Crippen molar-refractivity contribution in [3.05, 3.63) is 61.0 Å². The van der Waals surface area contributed by atoms with E-state index in [4.69, 9.17) is 16.9 Å². The molecular formula is C13H8ClN3O3. The minimum absolute atomic E-state index is 0.147. The molecule has 0 bridgehead atoms. The van der Waals surface area contributed by atoms with E-state index < -0.39 is 10.5 Å². The zero-order valence-electron chi connectivity index (χ0n) is 10.3. The Labute approximate surface area is 118 Å². The predicted molar refractivity (Wildman–Crippen MR) is 73.6 cm³/mol. The van der Waals surface area contributed by atoms with Crippen molar-refractivity contribution >= 4 is 17.3 Å². The van der Waals surface area contributed by atoms with Crippen LogP contribution in [0.25, 0.3) is 11.1 Å². The van der Waals surface area contributed by atoms with Crippen LogP contribution in [0.5, 0.6) is 0 Å². The molecule has 0 fully saturated rings. The highest BCUT2D eigenvalue weighted by Crippen LogP contribution is 2.33. The van der Waals surface area contributed by atoms with Crippen LogP contribution >= 0.6 is 11.6 Å². The molecule has 0 aliphatic carbocycles. The number of aromatic nitrogens is 1. The first-order valence-corrected chi connectivity index (χ1v) is 5.90. The highest BCUT2D eigenvalue weighted by Gasteiger charge is 2.20.